The molecule has 4 nitrogen and oxygen atoms in total. The van der Waals surface area contributed by atoms with Gasteiger partial charge in [0.05, 0.1) is 0 Å². The van der Waals surface area contributed by atoms with Gasteiger partial charge in [0.15, 0.2) is 0 Å². The summed E-state index contributed by atoms with van der Waals surface area (Å²) >= 11 is 1.32. The second kappa shape index (κ2) is 2.34. The van der Waals surface area contributed by atoms with E-state index in [4.69, 9.17) is 5.73 Å². The summed E-state index contributed by atoms with van der Waals surface area (Å²) in [5.74, 6) is 1.14. The molecule has 1 aromatic heterocycles. The SMILES string of the molecule is CC1CC1Nc1nc(N)ns1. The molecule has 2 unspecified atom stereocenters. The van der Waals surface area contributed by atoms with Crippen molar-refractivity contribution in [3.8, 4) is 0 Å². The number of nitrogens with two attached hydrogens (primary N) is 1. The summed E-state index contributed by atoms with van der Waals surface area (Å²) in [6.07, 6.45) is 1.24. The number of anilines is 2. The Morgan fingerprint density at radius 2 is 2.45 bits per heavy atom. The average Bonchev–Trinajstić information content (AvgIpc) is 2.42. The van der Waals surface area contributed by atoms with Gasteiger partial charge in [-0.25, -0.2) is 0 Å². The molecule has 0 amide bonds. The highest BCUT2D eigenvalue weighted by molar-refractivity contribution is 7.09. The standard InChI is InChI=1S/C6H10N4S/c1-3-2-4(3)8-6-9-5(7)10-11-6/h3-4H,2H2,1H3,(H3,7,8,9,10). The van der Waals surface area contributed by atoms with Crippen LogP contribution in [0.2, 0.25) is 0 Å². The lowest BCUT2D eigenvalue weighted by Crippen LogP contribution is -2.02. The van der Waals surface area contributed by atoms with Crippen molar-refractivity contribution in [3.05, 3.63) is 0 Å². The lowest BCUT2D eigenvalue weighted by Gasteiger charge is -1.95. The third kappa shape index (κ3) is 1.42. The molecule has 1 fully saturated rings. The first-order valence-electron chi connectivity index (χ1n) is 3.61. The lowest BCUT2D eigenvalue weighted by atomic mass is 10.5. The minimum atomic E-state index is 0.366. The Balaban J connectivity index is 1.96. The van der Waals surface area contributed by atoms with Gasteiger partial charge < -0.3 is 11.1 Å². The van der Waals surface area contributed by atoms with Crippen LogP contribution in [0.5, 0.6) is 0 Å². The van der Waals surface area contributed by atoms with Crippen molar-refractivity contribution in [1.29, 1.82) is 0 Å². The van der Waals surface area contributed by atoms with Gasteiger partial charge in [0.25, 0.3) is 0 Å². The predicted octanol–water partition coefficient (Wildman–Crippen LogP) is 0.941. The van der Waals surface area contributed by atoms with Gasteiger partial charge in [-0.2, -0.15) is 9.36 Å². The molecule has 1 aliphatic rings. The lowest BCUT2D eigenvalue weighted by molar-refractivity contribution is 0.928. The van der Waals surface area contributed by atoms with Crippen molar-refractivity contribution in [2.45, 2.75) is 19.4 Å². The molecule has 0 spiro atoms. The zero-order valence-electron chi connectivity index (χ0n) is 6.24. The molecule has 2 rings (SSSR count). The van der Waals surface area contributed by atoms with E-state index in [2.05, 4.69) is 21.6 Å². The number of hydrogen-bond donors (Lipinski definition) is 2. The van der Waals surface area contributed by atoms with Crippen LogP contribution in [-0.4, -0.2) is 15.4 Å². The van der Waals surface area contributed by atoms with Crippen molar-refractivity contribution < 1.29 is 0 Å². The summed E-state index contributed by atoms with van der Waals surface area (Å²) in [7, 11) is 0. The van der Waals surface area contributed by atoms with E-state index in [1.807, 2.05) is 0 Å². The van der Waals surface area contributed by atoms with Gasteiger partial charge >= 0.3 is 0 Å². The summed E-state index contributed by atoms with van der Waals surface area (Å²) in [4.78, 5) is 4.00. The maximum Gasteiger partial charge on any atom is 0.233 e. The van der Waals surface area contributed by atoms with Crippen molar-refractivity contribution in [3.63, 3.8) is 0 Å². The fourth-order valence-corrected chi connectivity index (χ4v) is 1.53. The van der Waals surface area contributed by atoms with Crippen LogP contribution in [0.15, 0.2) is 0 Å². The quantitative estimate of drug-likeness (QED) is 0.693. The summed E-state index contributed by atoms with van der Waals surface area (Å²) in [6, 6.07) is 0.599. The first-order valence-corrected chi connectivity index (χ1v) is 4.39. The summed E-state index contributed by atoms with van der Waals surface area (Å²) in [5.41, 5.74) is 5.36. The maximum atomic E-state index is 5.36. The van der Waals surface area contributed by atoms with Gasteiger partial charge in [0.2, 0.25) is 11.1 Å². The van der Waals surface area contributed by atoms with Crippen molar-refractivity contribution in [2.24, 2.45) is 5.92 Å². The molecule has 0 bridgehead atoms. The van der Waals surface area contributed by atoms with E-state index in [1.165, 1.54) is 18.0 Å². The van der Waals surface area contributed by atoms with Gasteiger partial charge in [-0.05, 0) is 12.3 Å². The first-order chi connectivity index (χ1) is 5.25. The van der Waals surface area contributed by atoms with Crippen LogP contribution >= 0.6 is 11.5 Å². The molecule has 0 aromatic carbocycles. The molecule has 3 N–H and O–H groups in total. The summed E-state index contributed by atoms with van der Waals surface area (Å²) in [5, 5.41) is 4.10. The van der Waals surface area contributed by atoms with Crippen LogP contribution in [0.4, 0.5) is 11.1 Å². The Hall–Kier alpha value is -0.840. The van der Waals surface area contributed by atoms with Gasteiger partial charge in [0, 0.05) is 17.6 Å². The number of aromatic nitrogens is 2. The molecule has 60 valence electrons. The second-order valence-corrected chi connectivity index (χ2v) is 3.67. The van der Waals surface area contributed by atoms with Crippen molar-refractivity contribution in [2.75, 3.05) is 11.1 Å². The van der Waals surface area contributed by atoms with Crippen LogP contribution in [0.1, 0.15) is 13.3 Å². The van der Waals surface area contributed by atoms with E-state index < -0.39 is 0 Å². The van der Waals surface area contributed by atoms with Crippen LogP contribution in [-0.2, 0) is 0 Å². The van der Waals surface area contributed by atoms with Crippen LogP contribution < -0.4 is 11.1 Å². The number of rotatable bonds is 2. The van der Waals surface area contributed by atoms with Crippen LogP contribution in [0.3, 0.4) is 0 Å². The Kier molecular flexibility index (Phi) is 1.45. The number of nitrogens with one attached hydrogen (secondary N) is 1. The molecule has 0 saturated heterocycles. The van der Waals surface area contributed by atoms with Gasteiger partial charge in [-0.3, -0.25) is 0 Å². The minimum Gasteiger partial charge on any atom is -0.367 e. The first kappa shape index (κ1) is 6.84. The van der Waals surface area contributed by atoms with Gasteiger partial charge in [-0.1, -0.05) is 6.92 Å². The monoisotopic (exact) mass is 170 g/mol. The zero-order valence-corrected chi connectivity index (χ0v) is 7.06. The molecule has 1 heterocycles. The smallest absolute Gasteiger partial charge is 0.233 e. The maximum absolute atomic E-state index is 5.36. The molecule has 1 saturated carbocycles. The Morgan fingerprint density at radius 1 is 1.73 bits per heavy atom. The highest BCUT2D eigenvalue weighted by Crippen LogP contribution is 2.32. The zero-order chi connectivity index (χ0) is 7.84. The topological polar surface area (TPSA) is 63.8 Å². The van der Waals surface area contributed by atoms with E-state index in [0.717, 1.165) is 11.0 Å². The van der Waals surface area contributed by atoms with Gasteiger partial charge in [0.1, 0.15) is 0 Å². The van der Waals surface area contributed by atoms with E-state index in [-0.39, 0.29) is 0 Å². The molecule has 0 radical (unpaired) electrons. The summed E-state index contributed by atoms with van der Waals surface area (Å²) < 4.78 is 3.87. The van der Waals surface area contributed by atoms with Crippen molar-refractivity contribution in [1.82, 2.24) is 9.36 Å². The predicted molar refractivity (Wildman–Crippen MR) is 45.5 cm³/mol. The highest BCUT2D eigenvalue weighted by atomic mass is 32.1. The largest absolute Gasteiger partial charge is 0.367 e. The molecule has 1 aromatic rings. The van der Waals surface area contributed by atoms with E-state index in [0.29, 0.717) is 12.0 Å². The Labute approximate surface area is 69.0 Å². The highest BCUT2D eigenvalue weighted by Gasteiger charge is 2.33. The van der Waals surface area contributed by atoms with Crippen LogP contribution in [0, 0.1) is 5.92 Å². The molecule has 11 heavy (non-hydrogen) atoms. The van der Waals surface area contributed by atoms with Crippen LogP contribution in [0.25, 0.3) is 0 Å². The fourth-order valence-electron chi connectivity index (χ4n) is 0.975. The Morgan fingerprint density at radius 3 is 2.91 bits per heavy atom. The van der Waals surface area contributed by atoms with E-state index >= 15 is 0 Å². The number of hydrogen-bond acceptors (Lipinski definition) is 5. The number of nitrogen functional groups attached to an aromatic ring is 1. The molecular formula is C6H10N4S. The third-order valence-electron chi connectivity index (χ3n) is 1.86. The number of nitrogens with zero attached hydrogens (tertiary/aromatic N) is 2. The van der Waals surface area contributed by atoms with Crippen molar-refractivity contribution >= 4 is 22.6 Å². The molecule has 5 heteroatoms. The molecule has 1 aliphatic carbocycles. The summed E-state index contributed by atoms with van der Waals surface area (Å²) in [6.45, 7) is 2.21. The van der Waals surface area contributed by atoms with E-state index in [9.17, 15) is 0 Å². The normalized spacial score (nSPS) is 28.5. The minimum absolute atomic E-state index is 0.366. The molecule has 2 atom stereocenters. The fraction of sp³-hybridized carbons (Fsp3) is 0.667. The Bertz CT molecular complexity index is 259. The van der Waals surface area contributed by atoms with E-state index in [1.54, 1.807) is 0 Å². The molecule has 0 aliphatic heterocycles. The molecular weight excluding hydrogens is 160 g/mol. The third-order valence-corrected chi connectivity index (χ3v) is 2.52. The average molecular weight is 170 g/mol. The second-order valence-electron chi connectivity index (χ2n) is 2.92. The van der Waals surface area contributed by atoms with Gasteiger partial charge in [-0.15, -0.1) is 0 Å².